The Labute approximate surface area is 512 Å². The van der Waals surface area contributed by atoms with Gasteiger partial charge in [-0.3, -0.25) is 39.5 Å². The zero-order chi connectivity index (χ0) is 60.8. The molecule has 0 spiro atoms. The Morgan fingerprint density at radius 3 is 2.54 bits per heavy atom. The van der Waals surface area contributed by atoms with Crippen molar-refractivity contribution in [3.05, 3.63) is 152 Å². The number of aromatic nitrogens is 2. The number of carbonyl (C=O) groups is 4. The summed E-state index contributed by atoms with van der Waals surface area (Å²) in [5.74, 6) is 5.26. The predicted octanol–water partition coefficient (Wildman–Crippen LogP) is 10.7. The van der Waals surface area contributed by atoms with E-state index in [1.807, 2.05) is 30.3 Å². The van der Waals surface area contributed by atoms with Crippen LogP contribution in [0.3, 0.4) is 0 Å². The van der Waals surface area contributed by atoms with Crippen LogP contribution in [0.1, 0.15) is 128 Å². The molecule has 21 heteroatoms. The number of H-pyrrole nitrogens is 1. The van der Waals surface area contributed by atoms with Crippen LogP contribution < -0.4 is 25.0 Å². The first-order chi connectivity index (χ1) is 41.9. The molecule has 0 radical (unpaired) electrons. The SMILES string of the molecule is CC1(C)CCC(CN2CCN(c3ccc(C(=O)NS(=O)(=O)c4ccc(NCC5CCCN(CCCCCCC#Cc6cccc7c6CN(C6CCC(=O)NC6=O)C7=O)C5)c([N+](=O)[O-])c4)c(Oc4cnc5[nH]ccc5c4)c3)CC2)=C(c2ccc(Cl)cc2)C1. The van der Waals surface area contributed by atoms with Gasteiger partial charge in [-0.15, -0.1) is 0 Å². The first kappa shape index (κ1) is 60.6. The number of hydrogen-bond acceptors (Lipinski definition) is 14. The molecule has 19 nitrogen and oxygen atoms in total. The van der Waals surface area contributed by atoms with Crippen LogP contribution in [0.2, 0.25) is 5.02 Å². The fraction of sp³-hybridized carbons (Fsp3) is 0.409. The van der Waals surface area contributed by atoms with Crippen LogP contribution in [0.25, 0.3) is 16.6 Å². The van der Waals surface area contributed by atoms with Gasteiger partial charge < -0.3 is 29.7 Å². The van der Waals surface area contributed by atoms with Gasteiger partial charge in [0.15, 0.2) is 0 Å². The van der Waals surface area contributed by atoms with E-state index >= 15 is 0 Å². The lowest BCUT2D eigenvalue weighted by molar-refractivity contribution is -0.384. The topological polar surface area (TPSA) is 233 Å². The van der Waals surface area contributed by atoms with Gasteiger partial charge >= 0.3 is 0 Å². The molecular formula is C66H73ClN10O9S. The lowest BCUT2D eigenvalue weighted by Crippen LogP contribution is -2.52. The summed E-state index contributed by atoms with van der Waals surface area (Å²) in [6.45, 7) is 12.0. The monoisotopic (exact) mass is 1220 g/mol. The van der Waals surface area contributed by atoms with Crippen LogP contribution >= 0.6 is 11.6 Å². The number of anilines is 2. The van der Waals surface area contributed by atoms with Gasteiger partial charge in [-0.1, -0.05) is 73.9 Å². The van der Waals surface area contributed by atoms with Crippen molar-refractivity contribution >= 4 is 78.9 Å². The van der Waals surface area contributed by atoms with Crippen LogP contribution in [0.15, 0.2) is 114 Å². The Morgan fingerprint density at radius 1 is 0.920 bits per heavy atom. The zero-order valence-electron chi connectivity index (χ0n) is 49.2. The molecule has 3 fully saturated rings. The number of pyridine rings is 1. The number of benzene rings is 4. The van der Waals surface area contributed by atoms with E-state index in [-0.39, 0.29) is 53.1 Å². The molecular weight excluding hydrogens is 1140 g/mol. The van der Waals surface area contributed by atoms with Crippen molar-refractivity contribution in [1.82, 2.24) is 34.7 Å². The molecule has 0 saturated carbocycles. The van der Waals surface area contributed by atoms with Crippen LogP contribution in [-0.4, -0.2) is 127 Å². The molecule has 2 atom stereocenters. The molecule has 3 saturated heterocycles. The van der Waals surface area contributed by atoms with Gasteiger partial charge in [0.2, 0.25) is 11.8 Å². The summed E-state index contributed by atoms with van der Waals surface area (Å²) in [6, 6.07) is 25.3. The molecule has 2 unspecified atom stereocenters. The maximum absolute atomic E-state index is 14.2. The molecule has 5 aliphatic rings. The number of sulfonamides is 1. The highest BCUT2D eigenvalue weighted by Gasteiger charge is 2.40. The number of aromatic amines is 1. The number of fused-ring (bicyclic) bond motifs is 2. The van der Waals surface area contributed by atoms with Gasteiger partial charge in [0.25, 0.3) is 27.5 Å². The number of nitro benzene ring substituents is 1. The van der Waals surface area contributed by atoms with Crippen LogP contribution in [-0.2, 0) is 26.2 Å². The fourth-order valence-corrected chi connectivity index (χ4v) is 13.8. The smallest absolute Gasteiger partial charge is 0.293 e. The number of amides is 4. The van der Waals surface area contributed by atoms with Crippen molar-refractivity contribution in [3.63, 3.8) is 0 Å². The minimum Gasteiger partial charge on any atom is -0.455 e. The number of rotatable bonds is 20. The summed E-state index contributed by atoms with van der Waals surface area (Å²) in [5, 5.41) is 19.6. The number of halogens is 1. The predicted molar refractivity (Wildman–Crippen MR) is 335 cm³/mol. The van der Waals surface area contributed by atoms with Crippen LogP contribution in [0.5, 0.6) is 11.5 Å². The summed E-state index contributed by atoms with van der Waals surface area (Å²) in [4.78, 5) is 79.2. The second-order valence-corrected chi connectivity index (χ2v) is 26.4. The van der Waals surface area contributed by atoms with Crippen molar-refractivity contribution in [3.8, 4) is 23.3 Å². The molecule has 6 aromatic rings. The molecule has 4 aromatic carbocycles. The summed E-state index contributed by atoms with van der Waals surface area (Å²) in [5.41, 5.74) is 7.59. The van der Waals surface area contributed by atoms with Crippen molar-refractivity contribution in [2.75, 3.05) is 69.1 Å². The summed E-state index contributed by atoms with van der Waals surface area (Å²) in [7, 11) is -4.63. The average molecular weight is 1220 g/mol. The van der Waals surface area contributed by atoms with Crippen molar-refractivity contribution < 1.29 is 37.3 Å². The summed E-state index contributed by atoms with van der Waals surface area (Å²) >= 11 is 6.28. The average Bonchev–Trinajstić information content (AvgIpc) is 2.13. The van der Waals surface area contributed by atoms with Crippen molar-refractivity contribution in [2.24, 2.45) is 11.3 Å². The molecule has 0 bridgehead atoms. The van der Waals surface area contributed by atoms with Crippen molar-refractivity contribution in [2.45, 2.75) is 108 Å². The minimum atomic E-state index is -4.63. The first-order valence-electron chi connectivity index (χ1n) is 30.2. The van der Waals surface area contributed by atoms with Gasteiger partial charge in [0.1, 0.15) is 28.9 Å². The van der Waals surface area contributed by atoms with E-state index in [2.05, 4.69) is 77.8 Å². The third-order valence-corrected chi connectivity index (χ3v) is 19.1. The zero-order valence-corrected chi connectivity index (χ0v) is 50.7. The third kappa shape index (κ3) is 14.5. The number of carbonyl (C=O) groups excluding carboxylic acids is 4. The van der Waals surface area contributed by atoms with E-state index in [4.69, 9.17) is 16.3 Å². The second-order valence-electron chi connectivity index (χ2n) is 24.3. The number of nitrogens with zero attached hydrogens (tertiary/aromatic N) is 6. The Kier molecular flexibility index (Phi) is 18.4. The standard InChI is InChI=1S/C66H73ClN10O9S/c1-66(2)27-25-48(55(38-66)46-15-17-49(67)18-16-46)42-74-31-33-75(34-32-74)50-19-21-54(60(36-50)86-51-35-47-26-28-68-62(47)70-40-51)63(79)72-87(84,85)52-20-22-57(59(37-52)77(82)83)69-39-44-11-10-30-73(41-44)29-8-6-4-3-5-7-12-45-13-9-14-53-56(45)43-76(65(53)81)58-23-24-61(78)71-64(58)80/h9,13-22,26,28,35-37,40,44,58,69H,3-6,8,10-11,23-25,27,29-34,38-39,41-43H2,1-2H3,(H,68,70)(H,72,79)(H,71,78,80). The highest BCUT2D eigenvalue weighted by Crippen LogP contribution is 2.44. The number of piperidine rings is 2. The molecule has 4 amide bonds. The molecule has 4 aliphatic heterocycles. The Balaban J connectivity index is 0.674. The Morgan fingerprint density at radius 2 is 1.74 bits per heavy atom. The van der Waals surface area contributed by atoms with Gasteiger partial charge in [-0.2, -0.15) is 0 Å². The number of ether oxygens (including phenoxy) is 1. The molecule has 11 rings (SSSR count). The number of allylic oxidation sites excluding steroid dienone is 1. The van der Waals surface area contributed by atoms with E-state index in [0.29, 0.717) is 49.4 Å². The van der Waals surface area contributed by atoms with E-state index in [1.165, 1.54) is 35.0 Å². The number of imide groups is 1. The van der Waals surface area contributed by atoms with E-state index in [1.54, 1.807) is 41.4 Å². The highest BCUT2D eigenvalue weighted by atomic mass is 35.5. The number of unbranched alkanes of at least 4 members (excludes halogenated alkanes) is 4. The molecule has 4 N–H and O–H groups in total. The normalized spacial score (nSPS) is 19.1. The van der Waals surface area contributed by atoms with Crippen LogP contribution in [0.4, 0.5) is 17.1 Å². The fourth-order valence-electron chi connectivity index (χ4n) is 12.7. The van der Waals surface area contributed by atoms with Gasteiger partial charge in [-0.05, 0) is 153 Å². The van der Waals surface area contributed by atoms with Crippen molar-refractivity contribution in [1.29, 1.82) is 0 Å². The first-order valence-corrected chi connectivity index (χ1v) is 32.1. The molecule has 6 heterocycles. The van der Waals surface area contributed by atoms with Gasteiger partial charge in [0, 0.05) is 111 Å². The third-order valence-electron chi connectivity index (χ3n) is 17.6. The lowest BCUT2D eigenvalue weighted by atomic mass is 9.72. The minimum absolute atomic E-state index is 0.0515. The second kappa shape index (κ2) is 26.5. The number of nitrogens with one attached hydrogen (secondary N) is 4. The van der Waals surface area contributed by atoms with Gasteiger partial charge in [-0.25, -0.2) is 18.1 Å². The van der Waals surface area contributed by atoms with Crippen LogP contribution in [0, 0.1) is 33.3 Å². The number of likely N-dealkylation sites (tertiary alicyclic amines) is 1. The van der Waals surface area contributed by atoms with E-state index in [0.717, 1.165) is 130 Å². The highest BCUT2D eigenvalue weighted by molar-refractivity contribution is 7.90. The molecule has 1 aliphatic carbocycles. The molecule has 454 valence electrons. The Bertz CT molecular complexity index is 3830. The number of hydrogen-bond donors (Lipinski definition) is 4. The lowest BCUT2D eigenvalue weighted by Gasteiger charge is -2.39. The number of piperazine rings is 1. The Hall–Kier alpha value is -8.09. The summed E-state index contributed by atoms with van der Waals surface area (Å²) in [6.07, 6.45) is 13.6. The summed E-state index contributed by atoms with van der Waals surface area (Å²) < 4.78 is 36.6. The quantitative estimate of drug-likeness (QED) is 0.0183. The largest absolute Gasteiger partial charge is 0.455 e. The maximum Gasteiger partial charge on any atom is 0.293 e. The van der Waals surface area contributed by atoms with E-state index in [9.17, 15) is 37.7 Å². The maximum atomic E-state index is 14.2. The molecule has 87 heavy (non-hydrogen) atoms. The number of nitro groups is 1. The van der Waals surface area contributed by atoms with E-state index < -0.39 is 43.4 Å². The van der Waals surface area contributed by atoms with Gasteiger partial charge in [0.05, 0.1) is 21.6 Å². The molecule has 2 aromatic heterocycles.